The molecule has 0 amide bonds. The Morgan fingerprint density at radius 1 is 1.11 bits per heavy atom. The number of rotatable bonds is 4. The Labute approximate surface area is 123 Å². The Morgan fingerprint density at radius 3 is 2.37 bits per heavy atom. The van der Waals surface area contributed by atoms with E-state index in [1.54, 1.807) is 0 Å². The zero-order valence-electron chi connectivity index (χ0n) is 11.3. The lowest BCUT2D eigenvalue weighted by molar-refractivity contribution is 0.801. The summed E-state index contributed by atoms with van der Waals surface area (Å²) < 4.78 is 1.11. The molecule has 2 aromatic rings. The van der Waals surface area contributed by atoms with Gasteiger partial charge in [0.25, 0.3) is 0 Å². The summed E-state index contributed by atoms with van der Waals surface area (Å²) in [6.45, 7) is 2.89. The van der Waals surface area contributed by atoms with Crippen molar-refractivity contribution in [2.75, 3.05) is 11.9 Å². The average Bonchev–Trinajstić information content (AvgIpc) is 2.41. The lowest BCUT2D eigenvalue weighted by Gasteiger charge is -2.24. The van der Waals surface area contributed by atoms with E-state index in [1.165, 1.54) is 16.8 Å². The average molecular weight is 319 g/mol. The molecule has 2 aromatic carbocycles. The lowest BCUT2D eigenvalue weighted by Crippen LogP contribution is -2.20. The van der Waals surface area contributed by atoms with Gasteiger partial charge in [0.05, 0.1) is 0 Å². The van der Waals surface area contributed by atoms with Gasteiger partial charge in [-0.05, 0) is 36.2 Å². The van der Waals surface area contributed by atoms with Gasteiger partial charge in [0.2, 0.25) is 0 Å². The fourth-order valence-electron chi connectivity index (χ4n) is 2.17. The van der Waals surface area contributed by atoms with Crippen LogP contribution in [0.5, 0.6) is 0 Å². The third-order valence-corrected chi connectivity index (χ3v) is 3.70. The maximum atomic E-state index is 6.03. The second-order valence-electron chi connectivity index (χ2n) is 4.83. The highest BCUT2D eigenvalue weighted by Gasteiger charge is 2.10. The van der Waals surface area contributed by atoms with Gasteiger partial charge < -0.3 is 10.6 Å². The highest BCUT2D eigenvalue weighted by Crippen LogP contribution is 2.25. The molecule has 0 radical (unpaired) electrons. The van der Waals surface area contributed by atoms with E-state index in [0.29, 0.717) is 0 Å². The molecule has 0 bridgehead atoms. The smallest absolute Gasteiger partial charge is 0.0426 e. The number of hydrogen-bond donors (Lipinski definition) is 1. The Kier molecular flexibility index (Phi) is 4.61. The molecule has 0 saturated heterocycles. The SMILES string of the molecule is C[C@@H](N)c1ccccc1N(C)Cc1ccc(Br)cc1. The number of nitrogens with two attached hydrogens (primary N) is 1. The van der Waals surface area contributed by atoms with E-state index in [2.05, 4.69) is 70.3 Å². The van der Waals surface area contributed by atoms with Gasteiger partial charge in [-0.2, -0.15) is 0 Å². The third-order valence-electron chi connectivity index (χ3n) is 3.17. The number of hydrogen-bond acceptors (Lipinski definition) is 2. The van der Waals surface area contributed by atoms with Crippen LogP contribution in [-0.4, -0.2) is 7.05 Å². The Morgan fingerprint density at radius 2 is 1.74 bits per heavy atom. The van der Waals surface area contributed by atoms with Gasteiger partial charge in [-0.25, -0.2) is 0 Å². The highest BCUT2D eigenvalue weighted by atomic mass is 79.9. The van der Waals surface area contributed by atoms with Crippen LogP contribution >= 0.6 is 15.9 Å². The molecule has 19 heavy (non-hydrogen) atoms. The molecule has 0 aliphatic rings. The summed E-state index contributed by atoms with van der Waals surface area (Å²) in [4.78, 5) is 2.24. The topological polar surface area (TPSA) is 29.3 Å². The van der Waals surface area contributed by atoms with E-state index >= 15 is 0 Å². The number of halogens is 1. The summed E-state index contributed by atoms with van der Waals surface area (Å²) >= 11 is 3.46. The monoisotopic (exact) mass is 318 g/mol. The van der Waals surface area contributed by atoms with Gasteiger partial charge >= 0.3 is 0 Å². The lowest BCUT2D eigenvalue weighted by atomic mass is 10.1. The molecular weight excluding hydrogens is 300 g/mol. The minimum atomic E-state index is 0.0450. The van der Waals surface area contributed by atoms with Gasteiger partial charge in [-0.15, -0.1) is 0 Å². The molecule has 1 atom stereocenters. The van der Waals surface area contributed by atoms with E-state index < -0.39 is 0 Å². The van der Waals surface area contributed by atoms with Crippen LogP contribution < -0.4 is 10.6 Å². The zero-order valence-corrected chi connectivity index (χ0v) is 12.9. The first-order valence-electron chi connectivity index (χ1n) is 6.38. The summed E-state index contributed by atoms with van der Waals surface area (Å²) in [5, 5.41) is 0. The molecule has 100 valence electrons. The molecule has 2 nitrogen and oxygen atoms in total. The van der Waals surface area contributed by atoms with Crippen molar-refractivity contribution in [3.8, 4) is 0 Å². The number of anilines is 1. The molecule has 0 heterocycles. The van der Waals surface area contributed by atoms with Gasteiger partial charge in [-0.3, -0.25) is 0 Å². The molecule has 0 fully saturated rings. The predicted octanol–water partition coefficient (Wildman–Crippen LogP) is 4.11. The second-order valence-corrected chi connectivity index (χ2v) is 5.75. The van der Waals surface area contributed by atoms with E-state index in [9.17, 15) is 0 Å². The van der Waals surface area contributed by atoms with Gasteiger partial charge in [0.15, 0.2) is 0 Å². The van der Waals surface area contributed by atoms with Gasteiger partial charge in [0.1, 0.15) is 0 Å². The van der Waals surface area contributed by atoms with E-state index in [0.717, 1.165) is 11.0 Å². The minimum absolute atomic E-state index is 0.0450. The fraction of sp³-hybridized carbons (Fsp3) is 0.250. The molecule has 0 spiro atoms. The first kappa shape index (κ1) is 14.1. The van der Waals surface area contributed by atoms with Crippen molar-refractivity contribution in [3.05, 3.63) is 64.1 Å². The molecule has 2 N–H and O–H groups in total. The van der Waals surface area contributed by atoms with Crippen molar-refractivity contribution < 1.29 is 0 Å². The molecule has 0 aliphatic heterocycles. The highest BCUT2D eigenvalue weighted by molar-refractivity contribution is 9.10. The first-order chi connectivity index (χ1) is 9.08. The molecular formula is C16H19BrN2. The molecule has 2 rings (SSSR count). The maximum Gasteiger partial charge on any atom is 0.0426 e. The normalized spacial score (nSPS) is 12.2. The Balaban J connectivity index is 2.20. The predicted molar refractivity (Wildman–Crippen MR) is 85.3 cm³/mol. The van der Waals surface area contributed by atoms with Crippen LogP contribution in [-0.2, 0) is 6.54 Å². The minimum Gasteiger partial charge on any atom is -0.370 e. The van der Waals surface area contributed by atoms with Crippen molar-refractivity contribution >= 4 is 21.6 Å². The summed E-state index contributed by atoms with van der Waals surface area (Å²) in [7, 11) is 2.10. The summed E-state index contributed by atoms with van der Waals surface area (Å²) in [5.74, 6) is 0. The van der Waals surface area contributed by atoms with Gasteiger partial charge in [0, 0.05) is 29.8 Å². The number of benzene rings is 2. The molecule has 0 saturated carbocycles. The second kappa shape index (κ2) is 6.22. The number of nitrogens with zero attached hydrogens (tertiary/aromatic N) is 1. The molecule has 0 aliphatic carbocycles. The summed E-state index contributed by atoms with van der Waals surface area (Å²) in [5.41, 5.74) is 9.69. The van der Waals surface area contributed by atoms with E-state index in [-0.39, 0.29) is 6.04 Å². The summed E-state index contributed by atoms with van der Waals surface area (Å²) in [6.07, 6.45) is 0. The van der Waals surface area contributed by atoms with Crippen LogP contribution in [0.25, 0.3) is 0 Å². The van der Waals surface area contributed by atoms with Crippen molar-refractivity contribution in [1.82, 2.24) is 0 Å². The number of para-hydroxylation sites is 1. The maximum absolute atomic E-state index is 6.03. The Bertz CT molecular complexity index is 535. The fourth-order valence-corrected chi connectivity index (χ4v) is 2.43. The van der Waals surface area contributed by atoms with Crippen LogP contribution in [0.2, 0.25) is 0 Å². The van der Waals surface area contributed by atoms with Crippen LogP contribution in [0.1, 0.15) is 24.1 Å². The molecule has 0 unspecified atom stereocenters. The van der Waals surface area contributed by atoms with Crippen LogP contribution in [0.4, 0.5) is 5.69 Å². The van der Waals surface area contributed by atoms with Crippen LogP contribution in [0.3, 0.4) is 0 Å². The quantitative estimate of drug-likeness (QED) is 0.919. The van der Waals surface area contributed by atoms with Crippen molar-refractivity contribution in [3.63, 3.8) is 0 Å². The van der Waals surface area contributed by atoms with Crippen molar-refractivity contribution in [2.45, 2.75) is 19.5 Å². The standard InChI is InChI=1S/C16H19BrN2/c1-12(18)15-5-3-4-6-16(15)19(2)11-13-7-9-14(17)10-8-13/h3-10,12H,11,18H2,1-2H3/t12-/m1/s1. The van der Waals surface area contributed by atoms with Crippen molar-refractivity contribution in [2.24, 2.45) is 5.73 Å². The van der Waals surface area contributed by atoms with Gasteiger partial charge in [-0.1, -0.05) is 46.3 Å². The first-order valence-corrected chi connectivity index (χ1v) is 7.17. The van der Waals surface area contributed by atoms with E-state index in [4.69, 9.17) is 5.73 Å². The third kappa shape index (κ3) is 3.58. The molecule has 0 aromatic heterocycles. The summed E-state index contributed by atoms with van der Waals surface area (Å²) in [6, 6.07) is 16.8. The molecule has 3 heteroatoms. The largest absolute Gasteiger partial charge is 0.370 e. The zero-order chi connectivity index (χ0) is 13.8. The van der Waals surface area contributed by atoms with E-state index in [1.807, 2.05) is 13.0 Å². The van der Waals surface area contributed by atoms with Crippen LogP contribution in [0.15, 0.2) is 53.0 Å². The van der Waals surface area contributed by atoms with Crippen molar-refractivity contribution in [1.29, 1.82) is 0 Å². The van der Waals surface area contributed by atoms with Crippen LogP contribution in [0, 0.1) is 0 Å². The Hall–Kier alpha value is -1.32.